The number of nitrogens with zero attached hydrogens (tertiary/aromatic N) is 2. The van der Waals surface area contributed by atoms with Gasteiger partial charge in [-0.3, -0.25) is 9.48 Å². The Bertz CT molecular complexity index is 1840. The molecule has 10 heteroatoms. The van der Waals surface area contributed by atoms with Crippen LogP contribution in [-0.4, -0.2) is 38.4 Å². The summed E-state index contributed by atoms with van der Waals surface area (Å²) >= 11 is 6.31. The van der Waals surface area contributed by atoms with E-state index in [1.807, 2.05) is 69.8 Å². The van der Waals surface area contributed by atoms with E-state index in [1.54, 1.807) is 6.92 Å². The minimum Gasteiger partial charge on any atom is -0.494 e. The van der Waals surface area contributed by atoms with E-state index in [9.17, 15) is 14.7 Å². The highest BCUT2D eigenvalue weighted by atomic mass is 35.5. The summed E-state index contributed by atoms with van der Waals surface area (Å²) < 4.78 is 13.5. The van der Waals surface area contributed by atoms with Crippen molar-refractivity contribution in [3.63, 3.8) is 0 Å². The molecule has 0 spiro atoms. The molecule has 0 unspecified atom stereocenters. The number of H-pyrrole nitrogens is 1. The van der Waals surface area contributed by atoms with Crippen molar-refractivity contribution in [1.29, 1.82) is 0 Å². The topological polar surface area (TPSA) is 122 Å². The standard InChI is InChI=1S/C33H35ClN4O5/c1-17-13-22(14-18(2)29(17)34)42-12-8-11-25-24-9-7-10-26(28-19(3)37-38(6)20(28)4)30(24)36-31(25)32(39)35-16-23-15-27(33(40)41)21(5)43-23/h7,9-10,13-15,36H,8,11-12,16H2,1-6H3,(H,35,39)(H,40,41). The lowest BCUT2D eigenvalue weighted by molar-refractivity contribution is 0.0694. The Labute approximate surface area is 254 Å². The summed E-state index contributed by atoms with van der Waals surface area (Å²) in [5.74, 6) is 0.0330. The van der Waals surface area contributed by atoms with E-state index in [0.717, 1.165) is 60.9 Å². The molecule has 0 saturated carbocycles. The van der Waals surface area contributed by atoms with Crippen LogP contribution in [0.3, 0.4) is 0 Å². The Morgan fingerprint density at radius 3 is 2.47 bits per heavy atom. The SMILES string of the molecule is Cc1cc(OCCCc2c(C(=O)NCc3cc(C(=O)O)c(C)o3)[nH]c3c(-c4c(C)nn(C)c4C)cccc23)cc(C)c1Cl. The lowest BCUT2D eigenvalue weighted by Crippen LogP contribution is -2.24. The predicted octanol–water partition coefficient (Wildman–Crippen LogP) is 7.00. The number of aromatic nitrogens is 3. The lowest BCUT2D eigenvalue weighted by Gasteiger charge is -2.10. The number of aromatic amines is 1. The van der Waals surface area contributed by atoms with Crippen molar-refractivity contribution in [3.8, 4) is 16.9 Å². The fraction of sp³-hybridized carbons (Fsp3) is 0.303. The summed E-state index contributed by atoms with van der Waals surface area (Å²) in [6.07, 6.45) is 1.26. The van der Waals surface area contributed by atoms with Crippen LogP contribution in [0.4, 0.5) is 0 Å². The molecule has 224 valence electrons. The quantitative estimate of drug-likeness (QED) is 0.148. The monoisotopic (exact) mass is 602 g/mol. The number of para-hydroxylation sites is 1. The van der Waals surface area contributed by atoms with Gasteiger partial charge in [0, 0.05) is 34.3 Å². The summed E-state index contributed by atoms with van der Waals surface area (Å²) in [6, 6.07) is 11.3. The number of aryl methyl sites for hydroxylation is 6. The van der Waals surface area contributed by atoms with Crippen molar-refractivity contribution in [2.75, 3.05) is 6.61 Å². The number of fused-ring (bicyclic) bond motifs is 1. The molecule has 3 aromatic heterocycles. The van der Waals surface area contributed by atoms with Gasteiger partial charge in [0.25, 0.3) is 5.91 Å². The summed E-state index contributed by atoms with van der Waals surface area (Å²) in [5.41, 5.74) is 8.10. The molecule has 0 radical (unpaired) electrons. The van der Waals surface area contributed by atoms with Gasteiger partial charge in [-0.1, -0.05) is 29.8 Å². The number of furan rings is 1. The maximum Gasteiger partial charge on any atom is 0.339 e. The van der Waals surface area contributed by atoms with Gasteiger partial charge in [0.05, 0.1) is 24.4 Å². The summed E-state index contributed by atoms with van der Waals surface area (Å²) in [6.45, 7) is 10.0. The van der Waals surface area contributed by atoms with E-state index in [0.29, 0.717) is 36.7 Å². The highest BCUT2D eigenvalue weighted by Gasteiger charge is 2.23. The third-order valence-corrected chi connectivity index (χ3v) is 8.42. The first-order chi connectivity index (χ1) is 20.5. The molecule has 3 N–H and O–H groups in total. The van der Waals surface area contributed by atoms with Crippen LogP contribution in [0.2, 0.25) is 5.02 Å². The molecule has 5 aromatic rings. The average Bonchev–Trinajstić information content (AvgIpc) is 3.60. The fourth-order valence-corrected chi connectivity index (χ4v) is 5.74. The highest BCUT2D eigenvalue weighted by Crippen LogP contribution is 2.35. The van der Waals surface area contributed by atoms with Crippen molar-refractivity contribution >= 4 is 34.4 Å². The lowest BCUT2D eigenvalue weighted by atomic mass is 9.98. The third-order valence-electron chi connectivity index (χ3n) is 7.82. The summed E-state index contributed by atoms with van der Waals surface area (Å²) in [4.78, 5) is 28.5. The van der Waals surface area contributed by atoms with Gasteiger partial charge in [-0.25, -0.2) is 4.79 Å². The average molecular weight is 603 g/mol. The Hall–Kier alpha value is -4.50. The van der Waals surface area contributed by atoms with Crippen LogP contribution in [-0.2, 0) is 20.0 Å². The number of carboxylic acid groups (broad SMARTS) is 1. The Morgan fingerprint density at radius 2 is 1.84 bits per heavy atom. The van der Waals surface area contributed by atoms with Crippen LogP contribution < -0.4 is 10.1 Å². The minimum absolute atomic E-state index is 0.0494. The highest BCUT2D eigenvalue weighted by molar-refractivity contribution is 6.32. The number of nitrogens with one attached hydrogen (secondary N) is 2. The number of ether oxygens (including phenoxy) is 1. The second-order valence-electron chi connectivity index (χ2n) is 10.9. The molecule has 5 rings (SSSR count). The van der Waals surface area contributed by atoms with E-state index in [-0.39, 0.29) is 18.0 Å². The van der Waals surface area contributed by atoms with Gasteiger partial charge in [-0.15, -0.1) is 0 Å². The van der Waals surface area contributed by atoms with E-state index in [2.05, 4.69) is 15.4 Å². The molecule has 0 aliphatic carbocycles. The normalized spacial score (nSPS) is 11.3. The Kier molecular flexibility index (Phi) is 8.37. The van der Waals surface area contributed by atoms with Gasteiger partial charge < -0.3 is 24.6 Å². The van der Waals surface area contributed by atoms with Crippen molar-refractivity contribution in [2.45, 2.75) is 54.0 Å². The molecule has 0 saturated heterocycles. The first kappa shape index (κ1) is 30.0. The molecule has 43 heavy (non-hydrogen) atoms. The van der Waals surface area contributed by atoms with E-state index < -0.39 is 5.97 Å². The van der Waals surface area contributed by atoms with Crippen LogP contribution in [0.25, 0.3) is 22.0 Å². The number of amides is 1. The van der Waals surface area contributed by atoms with Gasteiger partial charge in [-0.2, -0.15) is 5.10 Å². The molecule has 9 nitrogen and oxygen atoms in total. The number of carbonyl (C=O) groups excluding carboxylic acids is 1. The van der Waals surface area contributed by atoms with E-state index >= 15 is 0 Å². The number of benzene rings is 2. The zero-order chi connectivity index (χ0) is 31.0. The van der Waals surface area contributed by atoms with E-state index in [1.165, 1.54) is 6.07 Å². The van der Waals surface area contributed by atoms with Crippen LogP contribution >= 0.6 is 11.6 Å². The van der Waals surface area contributed by atoms with Crippen LogP contribution in [0.1, 0.15) is 66.9 Å². The molecule has 0 aliphatic heterocycles. The number of halogens is 1. The van der Waals surface area contributed by atoms with E-state index in [4.69, 9.17) is 20.8 Å². The van der Waals surface area contributed by atoms with Gasteiger partial charge in [0.1, 0.15) is 28.5 Å². The van der Waals surface area contributed by atoms with Crippen LogP contribution in [0.15, 0.2) is 40.8 Å². The zero-order valence-electron chi connectivity index (χ0n) is 25.1. The first-order valence-electron chi connectivity index (χ1n) is 14.1. The number of rotatable bonds is 10. The molecule has 0 fully saturated rings. The molecule has 0 atom stereocenters. The predicted molar refractivity (Wildman–Crippen MR) is 166 cm³/mol. The Balaban J connectivity index is 1.45. The van der Waals surface area contributed by atoms with Gasteiger partial charge in [-0.05, 0) is 82.3 Å². The van der Waals surface area contributed by atoms with Gasteiger partial charge >= 0.3 is 5.97 Å². The number of aromatic carboxylic acids is 1. The van der Waals surface area contributed by atoms with Crippen molar-refractivity contribution in [1.82, 2.24) is 20.1 Å². The van der Waals surface area contributed by atoms with Gasteiger partial charge in [0.15, 0.2) is 0 Å². The second-order valence-corrected chi connectivity index (χ2v) is 11.2. The van der Waals surface area contributed by atoms with Crippen LogP contribution in [0, 0.1) is 34.6 Å². The molecular formula is C33H35ClN4O5. The molecule has 3 heterocycles. The molecule has 1 amide bonds. The largest absolute Gasteiger partial charge is 0.494 e. The smallest absolute Gasteiger partial charge is 0.339 e. The molecule has 2 aromatic carbocycles. The first-order valence-corrected chi connectivity index (χ1v) is 14.5. The summed E-state index contributed by atoms with van der Waals surface area (Å²) in [7, 11) is 1.92. The zero-order valence-corrected chi connectivity index (χ0v) is 25.9. The van der Waals surface area contributed by atoms with Crippen molar-refractivity contribution in [2.24, 2.45) is 7.05 Å². The number of hydrogen-bond donors (Lipinski definition) is 3. The summed E-state index contributed by atoms with van der Waals surface area (Å²) in [5, 5.41) is 18.5. The number of hydrogen-bond acceptors (Lipinski definition) is 5. The minimum atomic E-state index is -1.07. The van der Waals surface area contributed by atoms with Crippen LogP contribution in [0.5, 0.6) is 5.75 Å². The maximum absolute atomic E-state index is 13.6. The maximum atomic E-state index is 13.6. The third kappa shape index (κ3) is 5.90. The molecule has 0 aliphatic rings. The second kappa shape index (κ2) is 12.0. The number of carbonyl (C=O) groups is 2. The van der Waals surface area contributed by atoms with Crippen molar-refractivity contribution in [3.05, 3.63) is 92.3 Å². The Morgan fingerprint density at radius 1 is 1.12 bits per heavy atom. The fourth-order valence-electron chi connectivity index (χ4n) is 5.63. The van der Waals surface area contributed by atoms with Crippen molar-refractivity contribution < 1.29 is 23.8 Å². The molecule has 0 bridgehead atoms. The number of carboxylic acids is 1. The van der Waals surface area contributed by atoms with Gasteiger partial charge in [0.2, 0.25) is 0 Å². The molecular weight excluding hydrogens is 568 g/mol.